The molecule has 0 saturated carbocycles. The molecule has 2 aromatic heterocycles. The second kappa shape index (κ2) is 5.38. The van der Waals surface area contributed by atoms with E-state index in [-0.39, 0.29) is 16.6 Å². The van der Waals surface area contributed by atoms with E-state index in [1.807, 2.05) is 0 Å². The van der Waals surface area contributed by atoms with Gasteiger partial charge in [0.15, 0.2) is 0 Å². The number of sulfonamides is 1. The molecule has 18 heavy (non-hydrogen) atoms. The topological polar surface area (TPSA) is 84.8 Å². The first-order valence-corrected chi connectivity index (χ1v) is 6.82. The highest BCUT2D eigenvalue weighted by Gasteiger charge is 2.14. The Balaban J connectivity index is 2.13. The van der Waals surface area contributed by atoms with Crippen LogP contribution < -0.4 is 4.72 Å². The van der Waals surface area contributed by atoms with Gasteiger partial charge >= 0.3 is 0 Å². The van der Waals surface area contributed by atoms with Crippen molar-refractivity contribution < 1.29 is 8.42 Å². The Kier molecular flexibility index (Phi) is 3.85. The number of nitrogens with zero attached hydrogens (tertiary/aromatic N) is 3. The van der Waals surface area contributed by atoms with Gasteiger partial charge in [-0.15, -0.1) is 0 Å². The number of hydrogen-bond acceptors (Lipinski definition) is 5. The fourth-order valence-corrected chi connectivity index (χ4v) is 2.48. The molecule has 0 spiro atoms. The quantitative estimate of drug-likeness (QED) is 0.847. The molecule has 0 unspecified atom stereocenters. The van der Waals surface area contributed by atoms with Crippen LogP contribution in [-0.4, -0.2) is 23.6 Å². The van der Waals surface area contributed by atoms with Crippen molar-refractivity contribution >= 4 is 21.6 Å². The lowest BCUT2D eigenvalue weighted by atomic mass is 10.4. The lowest BCUT2D eigenvalue weighted by Gasteiger charge is -2.05. The summed E-state index contributed by atoms with van der Waals surface area (Å²) < 4.78 is 26.2. The molecule has 1 N–H and O–H groups in total. The van der Waals surface area contributed by atoms with Crippen molar-refractivity contribution in [2.24, 2.45) is 0 Å². The van der Waals surface area contributed by atoms with E-state index in [0.717, 1.165) is 0 Å². The molecule has 2 aromatic rings. The molecule has 0 radical (unpaired) electrons. The van der Waals surface area contributed by atoms with Gasteiger partial charge in [0.2, 0.25) is 10.0 Å². The van der Waals surface area contributed by atoms with Crippen LogP contribution in [0.1, 0.15) is 5.69 Å². The van der Waals surface area contributed by atoms with E-state index in [1.165, 1.54) is 24.5 Å². The maximum atomic E-state index is 11.9. The zero-order chi connectivity index (χ0) is 13.0. The molecule has 0 amide bonds. The van der Waals surface area contributed by atoms with Crippen LogP contribution in [0.3, 0.4) is 0 Å². The van der Waals surface area contributed by atoms with Gasteiger partial charge in [0.25, 0.3) is 0 Å². The summed E-state index contributed by atoms with van der Waals surface area (Å²) >= 11 is 5.64. The van der Waals surface area contributed by atoms with Crippen LogP contribution in [0.25, 0.3) is 0 Å². The Labute approximate surface area is 109 Å². The van der Waals surface area contributed by atoms with E-state index in [4.69, 9.17) is 11.6 Å². The van der Waals surface area contributed by atoms with Crippen molar-refractivity contribution in [3.8, 4) is 0 Å². The summed E-state index contributed by atoms with van der Waals surface area (Å²) in [5, 5.41) is 7.56. The molecule has 0 atom stereocenters. The van der Waals surface area contributed by atoms with Crippen molar-refractivity contribution in [1.29, 1.82) is 0 Å². The van der Waals surface area contributed by atoms with Crippen LogP contribution >= 0.6 is 11.6 Å². The first-order valence-electron chi connectivity index (χ1n) is 4.96. The molecule has 0 bridgehead atoms. The fourth-order valence-electron chi connectivity index (χ4n) is 1.23. The number of rotatable bonds is 4. The van der Waals surface area contributed by atoms with Crippen LogP contribution in [-0.2, 0) is 16.6 Å². The van der Waals surface area contributed by atoms with Crippen molar-refractivity contribution in [3.05, 3.63) is 47.5 Å². The second-order valence-corrected chi connectivity index (χ2v) is 5.51. The lowest BCUT2D eigenvalue weighted by molar-refractivity contribution is 0.580. The summed E-state index contributed by atoms with van der Waals surface area (Å²) in [6.45, 7) is 0.0656. The zero-order valence-corrected chi connectivity index (χ0v) is 10.7. The molecule has 2 heterocycles. The second-order valence-electron chi connectivity index (χ2n) is 3.35. The van der Waals surface area contributed by atoms with Gasteiger partial charge in [-0.3, -0.25) is 0 Å². The van der Waals surface area contributed by atoms with Gasteiger partial charge in [-0.2, -0.15) is 10.2 Å². The minimum atomic E-state index is -3.62. The van der Waals surface area contributed by atoms with Crippen molar-refractivity contribution in [3.63, 3.8) is 0 Å². The standard InChI is InChI=1S/C10H9ClN4O2S/c11-10-6-9(3-5-12-10)18(16,17)14-7-8-2-1-4-13-15-8/h1-6,14H,7H2. The predicted molar refractivity (Wildman–Crippen MR) is 65.3 cm³/mol. The summed E-state index contributed by atoms with van der Waals surface area (Å²) in [5.74, 6) is 0. The smallest absolute Gasteiger partial charge is 0.241 e. The van der Waals surface area contributed by atoms with Crippen LogP contribution in [0.4, 0.5) is 0 Å². The van der Waals surface area contributed by atoms with E-state index < -0.39 is 10.0 Å². The van der Waals surface area contributed by atoms with Gasteiger partial charge in [0.1, 0.15) is 5.15 Å². The zero-order valence-electron chi connectivity index (χ0n) is 9.12. The summed E-state index contributed by atoms with van der Waals surface area (Å²) in [4.78, 5) is 3.78. The van der Waals surface area contributed by atoms with Gasteiger partial charge < -0.3 is 0 Å². The molecular weight excluding hydrogens is 276 g/mol. The molecule has 0 aliphatic heterocycles. The Bertz CT molecular complexity index is 633. The third-order valence-electron chi connectivity index (χ3n) is 2.08. The normalized spacial score (nSPS) is 11.4. The summed E-state index contributed by atoms with van der Waals surface area (Å²) in [7, 11) is -3.62. The first-order chi connectivity index (χ1) is 8.58. The van der Waals surface area contributed by atoms with Crippen LogP contribution in [0, 0.1) is 0 Å². The Morgan fingerprint density at radius 3 is 2.78 bits per heavy atom. The molecule has 2 rings (SSSR count). The maximum Gasteiger partial charge on any atom is 0.241 e. The largest absolute Gasteiger partial charge is 0.244 e. The highest BCUT2D eigenvalue weighted by atomic mass is 35.5. The Hall–Kier alpha value is -1.57. The van der Waals surface area contributed by atoms with E-state index in [0.29, 0.717) is 5.69 Å². The summed E-state index contributed by atoms with van der Waals surface area (Å²) in [6, 6.07) is 6.00. The van der Waals surface area contributed by atoms with Crippen molar-refractivity contribution in [1.82, 2.24) is 19.9 Å². The Morgan fingerprint density at radius 1 is 1.28 bits per heavy atom. The highest BCUT2D eigenvalue weighted by Crippen LogP contribution is 2.12. The van der Waals surface area contributed by atoms with Crippen molar-refractivity contribution in [2.45, 2.75) is 11.4 Å². The number of hydrogen-bond donors (Lipinski definition) is 1. The van der Waals surface area contributed by atoms with Gasteiger partial charge in [0.05, 0.1) is 17.1 Å². The first kappa shape index (κ1) is 12.9. The molecular formula is C10H9ClN4O2S. The Morgan fingerprint density at radius 2 is 2.11 bits per heavy atom. The number of nitrogens with one attached hydrogen (secondary N) is 1. The highest BCUT2D eigenvalue weighted by molar-refractivity contribution is 7.89. The number of pyridine rings is 1. The molecule has 0 fully saturated rings. The minimum Gasteiger partial charge on any atom is -0.244 e. The third-order valence-corrected chi connectivity index (χ3v) is 3.68. The van der Waals surface area contributed by atoms with Crippen LogP contribution in [0.5, 0.6) is 0 Å². The average molecular weight is 285 g/mol. The molecule has 8 heteroatoms. The van der Waals surface area contributed by atoms with Gasteiger partial charge in [-0.25, -0.2) is 18.1 Å². The molecule has 0 saturated heterocycles. The lowest BCUT2D eigenvalue weighted by Crippen LogP contribution is -2.23. The predicted octanol–water partition coefficient (Wildman–Crippen LogP) is 1.00. The fraction of sp³-hybridized carbons (Fsp3) is 0.100. The van der Waals surface area contributed by atoms with Gasteiger partial charge in [0, 0.05) is 12.4 Å². The average Bonchev–Trinajstić information content (AvgIpc) is 2.38. The summed E-state index contributed by atoms with van der Waals surface area (Å²) in [5.41, 5.74) is 0.529. The van der Waals surface area contributed by atoms with Crippen LogP contribution in [0.15, 0.2) is 41.6 Å². The number of aromatic nitrogens is 3. The third kappa shape index (κ3) is 3.22. The van der Waals surface area contributed by atoms with Crippen molar-refractivity contribution in [2.75, 3.05) is 0 Å². The van der Waals surface area contributed by atoms with E-state index in [9.17, 15) is 8.42 Å². The number of halogens is 1. The summed E-state index contributed by atoms with van der Waals surface area (Å²) in [6.07, 6.45) is 2.85. The monoisotopic (exact) mass is 284 g/mol. The van der Waals surface area contributed by atoms with Gasteiger partial charge in [-0.1, -0.05) is 11.6 Å². The minimum absolute atomic E-state index is 0.0615. The van der Waals surface area contributed by atoms with E-state index >= 15 is 0 Å². The SMILES string of the molecule is O=S(=O)(NCc1cccnn1)c1ccnc(Cl)c1. The van der Waals surface area contributed by atoms with Gasteiger partial charge in [-0.05, 0) is 24.3 Å². The van der Waals surface area contributed by atoms with E-state index in [1.54, 1.807) is 12.1 Å². The van der Waals surface area contributed by atoms with E-state index in [2.05, 4.69) is 19.9 Å². The molecule has 0 aromatic carbocycles. The maximum absolute atomic E-state index is 11.9. The molecule has 6 nitrogen and oxygen atoms in total. The molecule has 94 valence electrons. The molecule has 0 aliphatic carbocycles. The molecule has 0 aliphatic rings. The van der Waals surface area contributed by atoms with Crippen LogP contribution in [0.2, 0.25) is 5.15 Å².